The molecule has 0 amide bonds. The summed E-state index contributed by atoms with van der Waals surface area (Å²) in [6.45, 7) is 10.0. The van der Waals surface area contributed by atoms with E-state index in [1.165, 1.54) is 11.8 Å². The SMILES string of the molecule is C.CC.CC.Cc1ccc2nc[c-]nc2c1.O=Cc1ccccc1.OC(c1ccccc1)c1ccc2nc[c-]nc2c1.[Y].[Y]. The number of carbonyl (C=O) groups is 1. The molecule has 1 atom stereocenters. The smallest absolute Gasteiger partial charge is 0.150 e. The molecule has 0 fully saturated rings. The van der Waals surface area contributed by atoms with Crippen molar-refractivity contribution < 1.29 is 75.3 Å². The van der Waals surface area contributed by atoms with Gasteiger partial charge in [0.15, 0.2) is 0 Å². The van der Waals surface area contributed by atoms with Gasteiger partial charge in [0.2, 0.25) is 0 Å². The summed E-state index contributed by atoms with van der Waals surface area (Å²) in [5, 5.41) is 10.3. The van der Waals surface area contributed by atoms with Crippen molar-refractivity contribution in [1.29, 1.82) is 0 Å². The minimum atomic E-state index is -0.641. The Labute approximate surface area is 313 Å². The maximum Gasteiger partial charge on any atom is 0.150 e. The van der Waals surface area contributed by atoms with Crippen LogP contribution in [0.25, 0.3) is 22.1 Å². The van der Waals surface area contributed by atoms with Crippen LogP contribution in [0.5, 0.6) is 0 Å². The summed E-state index contributed by atoms with van der Waals surface area (Å²) in [7, 11) is 0. The molecule has 6 aromatic rings. The van der Waals surface area contributed by atoms with E-state index in [1.54, 1.807) is 18.3 Å². The minimum Gasteiger partial charge on any atom is -0.448 e. The average Bonchev–Trinajstić information content (AvgIpc) is 3.07. The number of carbonyl (C=O) groups excluding carboxylic acids is 1. The Morgan fingerprint density at radius 3 is 1.61 bits per heavy atom. The molecule has 44 heavy (non-hydrogen) atoms. The van der Waals surface area contributed by atoms with E-state index in [0.29, 0.717) is 0 Å². The molecule has 8 heteroatoms. The second-order valence-electron chi connectivity index (χ2n) is 8.08. The van der Waals surface area contributed by atoms with E-state index < -0.39 is 6.10 Å². The summed E-state index contributed by atoms with van der Waals surface area (Å²) in [6.07, 6.45) is 8.71. The van der Waals surface area contributed by atoms with Gasteiger partial charge in [0.1, 0.15) is 12.4 Å². The molecule has 4 aromatic carbocycles. The zero-order valence-electron chi connectivity index (χ0n) is 25.3. The van der Waals surface area contributed by atoms with Gasteiger partial charge in [-0.05, 0) is 30.4 Å². The van der Waals surface area contributed by atoms with E-state index in [-0.39, 0.29) is 72.8 Å². The molecule has 2 heterocycles. The molecule has 0 aliphatic heterocycles. The molecule has 0 saturated carbocycles. The van der Waals surface area contributed by atoms with Crippen LogP contribution in [-0.4, -0.2) is 31.3 Å². The zero-order chi connectivity index (χ0) is 29.9. The molecule has 0 aliphatic rings. The van der Waals surface area contributed by atoms with Gasteiger partial charge in [-0.15, -0.1) is 24.5 Å². The molecule has 0 saturated heterocycles. The third-order valence-electron chi connectivity index (χ3n) is 5.39. The number of fused-ring (bicyclic) bond motifs is 2. The number of aromatic nitrogens is 4. The van der Waals surface area contributed by atoms with Crippen LogP contribution in [0.1, 0.15) is 68.3 Å². The molecule has 224 valence electrons. The van der Waals surface area contributed by atoms with Gasteiger partial charge in [0.25, 0.3) is 0 Å². The number of aliphatic hydroxyl groups excluding tert-OH is 1. The molecule has 1 N–H and O–H groups in total. The average molecular weight is 739 g/mol. The van der Waals surface area contributed by atoms with Crippen LogP contribution >= 0.6 is 0 Å². The largest absolute Gasteiger partial charge is 0.448 e. The van der Waals surface area contributed by atoms with E-state index in [0.717, 1.165) is 45.0 Å². The summed E-state index contributed by atoms with van der Waals surface area (Å²) in [6, 6.07) is 30.2. The molecule has 6 nitrogen and oxygen atoms in total. The van der Waals surface area contributed by atoms with Gasteiger partial charge in [-0.3, -0.25) is 14.8 Å². The van der Waals surface area contributed by atoms with Gasteiger partial charge < -0.3 is 15.1 Å². The number of aliphatic hydroxyl groups is 1. The number of rotatable bonds is 3. The first-order valence-electron chi connectivity index (χ1n) is 13.6. The first kappa shape index (κ1) is 43.5. The monoisotopic (exact) mass is 738 g/mol. The number of nitrogens with zero attached hydrogens (tertiary/aromatic N) is 4. The summed E-state index contributed by atoms with van der Waals surface area (Å²) in [5.41, 5.74) is 6.98. The van der Waals surface area contributed by atoms with Crippen LogP contribution in [0.2, 0.25) is 0 Å². The quantitative estimate of drug-likeness (QED) is 0.145. The molecule has 0 bridgehead atoms. The predicted molar refractivity (Wildman–Crippen MR) is 173 cm³/mol. The number of hydrogen-bond donors (Lipinski definition) is 1. The van der Waals surface area contributed by atoms with Crippen LogP contribution in [0.15, 0.2) is 109 Å². The normalized spacial score (nSPS) is 9.50. The van der Waals surface area contributed by atoms with Crippen LogP contribution in [0, 0.1) is 19.3 Å². The van der Waals surface area contributed by atoms with Crippen molar-refractivity contribution in [3.8, 4) is 0 Å². The Kier molecular flexibility index (Phi) is 25.4. The molecule has 1 unspecified atom stereocenters. The molecule has 0 aliphatic carbocycles. The maximum absolute atomic E-state index is 10.3. The number of aldehydes is 1. The van der Waals surface area contributed by atoms with Crippen molar-refractivity contribution >= 4 is 28.4 Å². The third-order valence-corrected chi connectivity index (χ3v) is 5.39. The van der Waals surface area contributed by atoms with E-state index in [9.17, 15) is 9.90 Å². The van der Waals surface area contributed by atoms with Crippen molar-refractivity contribution in [2.45, 2.75) is 48.1 Å². The molecule has 2 radical (unpaired) electrons. The van der Waals surface area contributed by atoms with Gasteiger partial charge in [0, 0.05) is 82.0 Å². The van der Waals surface area contributed by atoms with Gasteiger partial charge in [-0.2, -0.15) is 0 Å². The van der Waals surface area contributed by atoms with Gasteiger partial charge in [-0.1, -0.05) is 137 Å². The fourth-order valence-corrected chi connectivity index (χ4v) is 3.49. The van der Waals surface area contributed by atoms with Crippen LogP contribution in [0.3, 0.4) is 0 Å². The molecule has 2 aromatic heterocycles. The molecular weight excluding hydrogens is 698 g/mol. The molecule has 6 rings (SSSR count). The molecule has 0 spiro atoms. The van der Waals surface area contributed by atoms with E-state index in [1.807, 2.05) is 120 Å². The fourth-order valence-electron chi connectivity index (χ4n) is 3.49. The number of aryl methyl sites for hydroxylation is 1. The minimum absolute atomic E-state index is 0. The Bertz CT molecular complexity index is 1590. The Balaban J connectivity index is 0. The van der Waals surface area contributed by atoms with Crippen molar-refractivity contribution in [2.24, 2.45) is 0 Å². The van der Waals surface area contributed by atoms with Crippen molar-refractivity contribution in [3.05, 3.63) is 144 Å². The van der Waals surface area contributed by atoms with Crippen molar-refractivity contribution in [3.63, 3.8) is 0 Å². The zero-order valence-corrected chi connectivity index (χ0v) is 31.0. The van der Waals surface area contributed by atoms with Crippen LogP contribution in [-0.2, 0) is 65.4 Å². The van der Waals surface area contributed by atoms with E-state index >= 15 is 0 Å². The van der Waals surface area contributed by atoms with Crippen LogP contribution < -0.4 is 0 Å². The summed E-state index contributed by atoms with van der Waals surface area (Å²) < 4.78 is 0. The fraction of sp³-hybridized carbons (Fsp3) is 0.194. The third kappa shape index (κ3) is 14.5. The summed E-state index contributed by atoms with van der Waals surface area (Å²) in [4.78, 5) is 26.4. The number of benzene rings is 4. The maximum atomic E-state index is 10.3. The van der Waals surface area contributed by atoms with Crippen molar-refractivity contribution in [2.75, 3.05) is 0 Å². The summed E-state index contributed by atoms with van der Waals surface area (Å²) in [5.74, 6) is 0. The predicted octanol–water partition coefficient (Wildman–Crippen LogP) is 8.43. The Hall–Kier alpha value is -2.60. The van der Waals surface area contributed by atoms with E-state index in [2.05, 4.69) is 32.3 Å². The second-order valence-corrected chi connectivity index (χ2v) is 8.08. The van der Waals surface area contributed by atoms with Crippen molar-refractivity contribution in [1.82, 2.24) is 19.9 Å². The Morgan fingerprint density at radius 1 is 0.636 bits per heavy atom. The Morgan fingerprint density at radius 2 is 1.11 bits per heavy atom. The first-order valence-corrected chi connectivity index (χ1v) is 13.6. The van der Waals surface area contributed by atoms with Gasteiger partial charge >= 0.3 is 0 Å². The summed E-state index contributed by atoms with van der Waals surface area (Å²) >= 11 is 0. The number of hydrogen-bond acceptors (Lipinski definition) is 6. The van der Waals surface area contributed by atoms with Gasteiger partial charge in [0.05, 0.1) is 0 Å². The second kappa shape index (κ2) is 25.7. The molecular formula is C36H40N4O2Y2-2. The van der Waals surface area contributed by atoms with Gasteiger partial charge in [-0.25, -0.2) is 0 Å². The van der Waals surface area contributed by atoms with E-state index in [4.69, 9.17) is 0 Å². The standard InChI is InChI=1S/C15H11N2O.C9H7N2.C7H6O.2C2H6.CH4.2Y/c18-15(11-4-2-1-3-5-11)12-6-7-13-14(10-12)17-9-8-16-13;1-7-2-3-8-9(6-7)11-5-4-10-8;8-6-7-4-2-1-3-5-7;2*1-2;;;/h1-8,10,15,18H;2-4,6H,1H3;1-6H;2*1-2H3;1H4;;/q2*-1;;;;;;. The van der Waals surface area contributed by atoms with Crippen LogP contribution in [0.4, 0.5) is 0 Å². The topological polar surface area (TPSA) is 88.9 Å². The first-order chi connectivity index (χ1) is 20.1.